The van der Waals surface area contributed by atoms with Crippen molar-refractivity contribution in [3.05, 3.63) is 0 Å². The van der Waals surface area contributed by atoms with Crippen molar-refractivity contribution in [2.75, 3.05) is 32.9 Å². The molecule has 2 saturated heterocycles. The summed E-state index contributed by atoms with van der Waals surface area (Å²) in [6.45, 7) is 3.14. The number of ether oxygens (including phenoxy) is 2. The molecule has 0 unspecified atom stereocenters. The number of hydrogen-bond donors (Lipinski definition) is 1. The van der Waals surface area contributed by atoms with Gasteiger partial charge in [0.1, 0.15) is 6.61 Å². The second-order valence-corrected chi connectivity index (χ2v) is 4.01. The minimum Gasteiger partial charge on any atom is -0.448 e. The molecule has 2 aliphatic heterocycles. The van der Waals surface area contributed by atoms with Crippen LogP contribution in [-0.4, -0.2) is 49.4 Å². The summed E-state index contributed by atoms with van der Waals surface area (Å²) < 4.78 is 10.1. The Kier molecular flexibility index (Phi) is 2.60. The molecule has 0 spiro atoms. The van der Waals surface area contributed by atoms with Gasteiger partial charge in [-0.05, 0) is 12.8 Å². The monoisotopic (exact) mass is 200 g/mol. The molecular formula is C9H16N2O3. The van der Waals surface area contributed by atoms with Gasteiger partial charge in [0.15, 0.2) is 0 Å². The predicted octanol–water partition coefficient (Wildman–Crippen LogP) is -0.0535. The molecule has 0 bridgehead atoms. The Morgan fingerprint density at radius 3 is 2.64 bits per heavy atom. The molecule has 0 saturated carbocycles. The summed E-state index contributed by atoms with van der Waals surface area (Å²) in [6, 6.07) is 0. The van der Waals surface area contributed by atoms with E-state index in [-0.39, 0.29) is 11.6 Å². The zero-order chi connectivity index (χ0) is 10.0. The fraction of sp³-hybridized carbons (Fsp3) is 0.889. The summed E-state index contributed by atoms with van der Waals surface area (Å²) in [6.07, 6.45) is 1.40. The maximum atomic E-state index is 11.2. The van der Waals surface area contributed by atoms with Gasteiger partial charge in [0.2, 0.25) is 0 Å². The highest BCUT2D eigenvalue weighted by Crippen LogP contribution is 2.20. The Balaban J connectivity index is 1.91. The quantitative estimate of drug-likeness (QED) is 0.678. The van der Waals surface area contributed by atoms with Crippen LogP contribution in [0.5, 0.6) is 0 Å². The van der Waals surface area contributed by atoms with Gasteiger partial charge in [0.25, 0.3) is 0 Å². The van der Waals surface area contributed by atoms with Gasteiger partial charge in [-0.25, -0.2) is 4.79 Å². The molecule has 2 aliphatic rings. The van der Waals surface area contributed by atoms with Crippen LogP contribution in [0.4, 0.5) is 4.79 Å². The van der Waals surface area contributed by atoms with Gasteiger partial charge in [0.05, 0.1) is 6.54 Å². The number of carbonyl (C=O) groups is 1. The van der Waals surface area contributed by atoms with Crippen molar-refractivity contribution in [1.29, 1.82) is 0 Å². The Bertz CT molecular complexity index is 226. The molecule has 5 nitrogen and oxygen atoms in total. The van der Waals surface area contributed by atoms with Gasteiger partial charge >= 0.3 is 6.09 Å². The number of nitrogens with two attached hydrogens (primary N) is 1. The van der Waals surface area contributed by atoms with Crippen LogP contribution >= 0.6 is 0 Å². The Labute approximate surface area is 83.1 Å². The molecule has 0 atom stereocenters. The summed E-state index contributed by atoms with van der Waals surface area (Å²) in [5.41, 5.74) is 5.90. The zero-order valence-electron chi connectivity index (χ0n) is 8.20. The van der Waals surface area contributed by atoms with E-state index in [4.69, 9.17) is 15.2 Å². The van der Waals surface area contributed by atoms with E-state index in [0.29, 0.717) is 32.9 Å². The van der Waals surface area contributed by atoms with E-state index in [1.165, 1.54) is 0 Å². The Morgan fingerprint density at radius 2 is 2.07 bits per heavy atom. The predicted molar refractivity (Wildman–Crippen MR) is 49.9 cm³/mol. The lowest BCUT2D eigenvalue weighted by Gasteiger charge is -2.35. The van der Waals surface area contributed by atoms with Crippen molar-refractivity contribution in [3.8, 4) is 0 Å². The van der Waals surface area contributed by atoms with Gasteiger partial charge in [-0.15, -0.1) is 0 Å². The molecular weight excluding hydrogens is 184 g/mol. The van der Waals surface area contributed by atoms with Gasteiger partial charge in [-0.2, -0.15) is 0 Å². The fourth-order valence-electron chi connectivity index (χ4n) is 1.89. The van der Waals surface area contributed by atoms with E-state index in [2.05, 4.69) is 0 Å². The van der Waals surface area contributed by atoms with Gasteiger partial charge in [-0.3, -0.25) is 0 Å². The maximum Gasteiger partial charge on any atom is 0.410 e. The molecule has 2 fully saturated rings. The number of nitrogens with zero attached hydrogens (tertiary/aromatic N) is 1. The molecule has 1 amide bonds. The van der Waals surface area contributed by atoms with Crippen LogP contribution in [0.2, 0.25) is 0 Å². The topological polar surface area (TPSA) is 64.8 Å². The molecule has 0 aliphatic carbocycles. The third kappa shape index (κ3) is 1.99. The highest BCUT2D eigenvalue weighted by atomic mass is 16.6. The van der Waals surface area contributed by atoms with Gasteiger partial charge < -0.3 is 20.1 Å². The Morgan fingerprint density at radius 1 is 1.36 bits per heavy atom. The molecule has 80 valence electrons. The van der Waals surface area contributed by atoms with E-state index in [0.717, 1.165) is 12.8 Å². The molecule has 0 radical (unpaired) electrons. The van der Waals surface area contributed by atoms with Crippen LogP contribution < -0.4 is 5.73 Å². The number of carbonyl (C=O) groups excluding carboxylic acids is 1. The molecule has 0 aromatic rings. The first kappa shape index (κ1) is 9.73. The SMILES string of the molecule is NC1(CN2CCOC2=O)CCOCC1. The van der Waals surface area contributed by atoms with E-state index in [1.54, 1.807) is 4.90 Å². The molecule has 2 rings (SSSR count). The highest BCUT2D eigenvalue weighted by Gasteiger charge is 2.34. The second-order valence-electron chi connectivity index (χ2n) is 4.01. The summed E-state index contributed by atoms with van der Waals surface area (Å²) in [5.74, 6) is 0. The molecule has 0 aromatic heterocycles. The number of cyclic esters (lactones) is 1. The minimum absolute atomic E-state index is 0.235. The normalized spacial score (nSPS) is 26.4. The largest absolute Gasteiger partial charge is 0.448 e. The van der Waals surface area contributed by atoms with Crippen molar-refractivity contribution < 1.29 is 14.3 Å². The van der Waals surface area contributed by atoms with Gasteiger partial charge in [0, 0.05) is 25.3 Å². The summed E-state index contributed by atoms with van der Waals surface area (Å²) in [5, 5.41) is 0. The molecule has 2 N–H and O–H groups in total. The van der Waals surface area contributed by atoms with E-state index in [1.807, 2.05) is 0 Å². The van der Waals surface area contributed by atoms with E-state index < -0.39 is 0 Å². The van der Waals surface area contributed by atoms with Crippen LogP contribution in [0.15, 0.2) is 0 Å². The lowest BCUT2D eigenvalue weighted by Crippen LogP contribution is -2.53. The molecule has 0 aromatic carbocycles. The first-order chi connectivity index (χ1) is 6.70. The van der Waals surface area contributed by atoms with Crippen molar-refractivity contribution in [3.63, 3.8) is 0 Å². The standard InChI is InChI=1S/C9H16N2O3/c10-9(1-4-13-5-2-9)7-11-3-6-14-8(11)12/h1-7,10H2. The third-order valence-electron chi connectivity index (χ3n) is 2.84. The first-order valence-corrected chi connectivity index (χ1v) is 4.98. The third-order valence-corrected chi connectivity index (χ3v) is 2.84. The zero-order valence-corrected chi connectivity index (χ0v) is 8.20. The van der Waals surface area contributed by atoms with E-state index in [9.17, 15) is 4.79 Å². The number of amides is 1. The lowest BCUT2D eigenvalue weighted by molar-refractivity contribution is 0.0430. The summed E-state index contributed by atoms with van der Waals surface area (Å²) in [7, 11) is 0. The van der Waals surface area contributed by atoms with Crippen LogP contribution in [0.25, 0.3) is 0 Å². The van der Waals surface area contributed by atoms with Crippen LogP contribution in [-0.2, 0) is 9.47 Å². The molecule has 2 heterocycles. The van der Waals surface area contributed by atoms with E-state index >= 15 is 0 Å². The number of hydrogen-bond acceptors (Lipinski definition) is 4. The Hall–Kier alpha value is -0.810. The van der Waals surface area contributed by atoms with Crippen molar-refractivity contribution in [2.45, 2.75) is 18.4 Å². The van der Waals surface area contributed by atoms with Crippen molar-refractivity contribution in [1.82, 2.24) is 4.90 Å². The molecule has 5 heteroatoms. The number of rotatable bonds is 2. The highest BCUT2D eigenvalue weighted by molar-refractivity contribution is 5.69. The maximum absolute atomic E-state index is 11.2. The summed E-state index contributed by atoms with van der Waals surface area (Å²) >= 11 is 0. The lowest BCUT2D eigenvalue weighted by atomic mass is 9.91. The smallest absolute Gasteiger partial charge is 0.410 e. The average molecular weight is 200 g/mol. The van der Waals surface area contributed by atoms with Crippen molar-refractivity contribution in [2.24, 2.45) is 5.73 Å². The second kappa shape index (κ2) is 3.74. The first-order valence-electron chi connectivity index (χ1n) is 4.98. The fourth-order valence-corrected chi connectivity index (χ4v) is 1.89. The average Bonchev–Trinajstić information content (AvgIpc) is 2.52. The van der Waals surface area contributed by atoms with Crippen LogP contribution in [0, 0.1) is 0 Å². The summed E-state index contributed by atoms with van der Waals surface area (Å²) in [4.78, 5) is 12.9. The van der Waals surface area contributed by atoms with Crippen molar-refractivity contribution >= 4 is 6.09 Å². The van der Waals surface area contributed by atoms with Gasteiger partial charge in [-0.1, -0.05) is 0 Å². The van der Waals surface area contributed by atoms with Crippen LogP contribution in [0.1, 0.15) is 12.8 Å². The van der Waals surface area contributed by atoms with Crippen LogP contribution in [0.3, 0.4) is 0 Å². The minimum atomic E-state index is -0.276. The molecule has 14 heavy (non-hydrogen) atoms.